The van der Waals surface area contributed by atoms with Gasteiger partial charge in [0.05, 0.1) is 18.8 Å². The molecule has 1 saturated heterocycles. The highest BCUT2D eigenvalue weighted by Gasteiger charge is 2.43. The van der Waals surface area contributed by atoms with Gasteiger partial charge in [-0.2, -0.15) is 0 Å². The van der Waals surface area contributed by atoms with E-state index in [2.05, 4.69) is 12.1 Å². The summed E-state index contributed by atoms with van der Waals surface area (Å²) < 4.78 is 6.10. The van der Waals surface area contributed by atoms with E-state index in [0.717, 1.165) is 32.1 Å². The lowest BCUT2D eigenvalue weighted by Gasteiger charge is -2.36. The minimum atomic E-state index is -0.172. The Kier molecular flexibility index (Phi) is 5.11. The van der Waals surface area contributed by atoms with E-state index in [1.54, 1.807) is 0 Å². The third kappa shape index (κ3) is 3.63. The molecule has 4 heteroatoms. The molecule has 124 valence electrons. The third-order valence-corrected chi connectivity index (χ3v) is 4.97. The van der Waals surface area contributed by atoms with Crippen molar-refractivity contribution < 1.29 is 14.3 Å². The van der Waals surface area contributed by atoms with Gasteiger partial charge >= 0.3 is 0 Å². The van der Waals surface area contributed by atoms with Crippen LogP contribution >= 0.6 is 0 Å². The first-order chi connectivity index (χ1) is 11.2. The molecule has 0 N–H and O–H groups in total. The van der Waals surface area contributed by atoms with Gasteiger partial charge < -0.3 is 4.74 Å². The Morgan fingerprint density at radius 2 is 1.87 bits per heavy atom. The quantitative estimate of drug-likeness (QED) is 0.785. The Balaban J connectivity index is 1.60. The van der Waals surface area contributed by atoms with Gasteiger partial charge in [0.1, 0.15) is 0 Å². The van der Waals surface area contributed by atoms with E-state index in [9.17, 15) is 9.59 Å². The van der Waals surface area contributed by atoms with E-state index in [4.69, 9.17) is 4.74 Å². The summed E-state index contributed by atoms with van der Waals surface area (Å²) in [6.45, 7) is 2.48. The molecule has 1 unspecified atom stereocenters. The van der Waals surface area contributed by atoms with E-state index in [1.807, 2.05) is 25.1 Å². The number of carbonyl (C=O) groups is 2. The van der Waals surface area contributed by atoms with Gasteiger partial charge in [-0.25, -0.2) is 0 Å². The summed E-state index contributed by atoms with van der Waals surface area (Å²) in [5.74, 6) is -0.209. The number of imide groups is 1. The van der Waals surface area contributed by atoms with Crippen molar-refractivity contribution in [2.75, 3.05) is 6.61 Å². The van der Waals surface area contributed by atoms with E-state index in [0.29, 0.717) is 13.0 Å². The summed E-state index contributed by atoms with van der Waals surface area (Å²) in [5.41, 5.74) is 1.25. The average Bonchev–Trinajstić information content (AvgIpc) is 2.82. The summed E-state index contributed by atoms with van der Waals surface area (Å²) in [6.07, 6.45) is 5.19. The summed E-state index contributed by atoms with van der Waals surface area (Å²) in [6, 6.07) is 10.2. The zero-order chi connectivity index (χ0) is 16.2. The third-order valence-electron chi connectivity index (χ3n) is 4.97. The lowest BCUT2D eigenvalue weighted by molar-refractivity contribution is -0.147. The Morgan fingerprint density at radius 3 is 2.57 bits per heavy atom. The van der Waals surface area contributed by atoms with Crippen LogP contribution in [0.2, 0.25) is 0 Å². The fourth-order valence-corrected chi connectivity index (χ4v) is 3.70. The molecule has 1 aliphatic carbocycles. The molecule has 0 radical (unpaired) electrons. The number of benzene rings is 1. The normalized spacial score (nSPS) is 28.4. The topological polar surface area (TPSA) is 46.6 Å². The molecule has 1 aromatic rings. The Bertz CT molecular complexity index is 557. The van der Waals surface area contributed by atoms with Crippen LogP contribution in [-0.4, -0.2) is 35.5 Å². The molecule has 0 aromatic heterocycles. The smallest absolute Gasteiger partial charge is 0.232 e. The number of carbonyl (C=O) groups excluding carboxylic acids is 2. The molecule has 2 aliphatic rings. The van der Waals surface area contributed by atoms with Crippen molar-refractivity contribution in [3.05, 3.63) is 35.9 Å². The number of nitrogens with zero attached hydrogens (tertiary/aromatic N) is 1. The number of ether oxygens (including phenoxy) is 1. The molecule has 4 nitrogen and oxygen atoms in total. The van der Waals surface area contributed by atoms with Crippen molar-refractivity contribution in [2.24, 2.45) is 5.92 Å². The van der Waals surface area contributed by atoms with Crippen LogP contribution in [0.3, 0.4) is 0 Å². The van der Waals surface area contributed by atoms with Crippen LogP contribution in [0.15, 0.2) is 30.3 Å². The van der Waals surface area contributed by atoms with Crippen molar-refractivity contribution in [2.45, 2.75) is 57.6 Å². The molecule has 2 fully saturated rings. The Hall–Kier alpha value is -1.68. The molecule has 1 saturated carbocycles. The molecule has 0 spiro atoms. The van der Waals surface area contributed by atoms with Gasteiger partial charge in [0.2, 0.25) is 11.8 Å². The molecular formula is C19H25NO3. The Morgan fingerprint density at radius 1 is 1.13 bits per heavy atom. The van der Waals surface area contributed by atoms with Crippen LogP contribution < -0.4 is 0 Å². The van der Waals surface area contributed by atoms with Gasteiger partial charge in [-0.05, 0) is 24.8 Å². The summed E-state index contributed by atoms with van der Waals surface area (Å²) >= 11 is 0. The summed E-state index contributed by atoms with van der Waals surface area (Å²) in [5, 5.41) is 0. The van der Waals surface area contributed by atoms with Crippen LogP contribution in [0, 0.1) is 5.92 Å². The zero-order valence-electron chi connectivity index (χ0n) is 13.7. The predicted octanol–water partition coefficient (Wildman–Crippen LogP) is 2.95. The average molecular weight is 315 g/mol. The first kappa shape index (κ1) is 16.2. The monoisotopic (exact) mass is 315 g/mol. The molecule has 1 aromatic carbocycles. The fraction of sp³-hybridized carbons (Fsp3) is 0.579. The number of hydrogen-bond donors (Lipinski definition) is 0. The van der Waals surface area contributed by atoms with Crippen molar-refractivity contribution in [3.8, 4) is 0 Å². The maximum atomic E-state index is 12.3. The van der Waals surface area contributed by atoms with Gasteiger partial charge in [-0.15, -0.1) is 0 Å². The number of likely N-dealkylation sites (tertiary alicyclic amines) is 1. The van der Waals surface area contributed by atoms with Crippen molar-refractivity contribution in [3.63, 3.8) is 0 Å². The van der Waals surface area contributed by atoms with Crippen LogP contribution in [-0.2, 0) is 20.7 Å². The molecular weight excluding hydrogens is 290 g/mol. The molecule has 2 amide bonds. The molecule has 23 heavy (non-hydrogen) atoms. The second-order valence-electron chi connectivity index (χ2n) is 6.70. The lowest BCUT2D eigenvalue weighted by atomic mass is 9.91. The number of hydrogen-bond acceptors (Lipinski definition) is 3. The predicted molar refractivity (Wildman–Crippen MR) is 87.8 cm³/mol. The Labute approximate surface area is 137 Å². The van der Waals surface area contributed by atoms with Gasteiger partial charge in [0, 0.05) is 12.3 Å². The zero-order valence-corrected chi connectivity index (χ0v) is 13.7. The van der Waals surface area contributed by atoms with Crippen LogP contribution in [0.1, 0.15) is 44.6 Å². The fourth-order valence-electron chi connectivity index (χ4n) is 3.70. The highest BCUT2D eigenvalue weighted by molar-refractivity contribution is 6.03. The van der Waals surface area contributed by atoms with Crippen molar-refractivity contribution in [1.82, 2.24) is 4.90 Å². The van der Waals surface area contributed by atoms with Crippen LogP contribution in [0.4, 0.5) is 0 Å². The van der Waals surface area contributed by atoms with Gasteiger partial charge in [-0.1, -0.05) is 50.1 Å². The minimum absolute atomic E-state index is 0.00865. The number of rotatable bonds is 5. The standard InChI is InChI=1S/C19H25NO3/c1-14-13-18(21)20(19(14)22)16-9-5-6-10-17(16)23-12-11-15-7-3-2-4-8-15/h2-4,7-8,14,16-17H,5-6,9-13H2,1H3/t14?,16-,17+/m0/s1. The van der Waals surface area contributed by atoms with Crippen LogP contribution in [0.25, 0.3) is 0 Å². The molecule has 3 atom stereocenters. The lowest BCUT2D eigenvalue weighted by Crippen LogP contribution is -2.49. The highest BCUT2D eigenvalue weighted by atomic mass is 16.5. The molecule has 1 aliphatic heterocycles. The minimum Gasteiger partial charge on any atom is -0.376 e. The van der Waals surface area contributed by atoms with Crippen molar-refractivity contribution in [1.29, 1.82) is 0 Å². The molecule has 3 rings (SSSR count). The second kappa shape index (κ2) is 7.26. The SMILES string of the molecule is CC1CC(=O)N([C@H]2CCCC[C@H]2OCCc2ccccc2)C1=O. The maximum absolute atomic E-state index is 12.3. The molecule has 1 heterocycles. The summed E-state index contributed by atoms with van der Waals surface area (Å²) in [4.78, 5) is 26.0. The van der Waals surface area contributed by atoms with E-state index < -0.39 is 0 Å². The largest absolute Gasteiger partial charge is 0.376 e. The first-order valence-corrected chi connectivity index (χ1v) is 8.68. The molecule has 0 bridgehead atoms. The number of amides is 2. The van der Waals surface area contributed by atoms with Gasteiger partial charge in [0.25, 0.3) is 0 Å². The van der Waals surface area contributed by atoms with Gasteiger partial charge in [-0.3, -0.25) is 14.5 Å². The van der Waals surface area contributed by atoms with Gasteiger partial charge in [0.15, 0.2) is 0 Å². The van der Waals surface area contributed by atoms with Crippen molar-refractivity contribution >= 4 is 11.8 Å². The summed E-state index contributed by atoms with van der Waals surface area (Å²) in [7, 11) is 0. The van der Waals surface area contributed by atoms with Crippen LogP contribution in [0.5, 0.6) is 0 Å². The maximum Gasteiger partial charge on any atom is 0.232 e. The van der Waals surface area contributed by atoms with E-state index in [1.165, 1.54) is 10.5 Å². The van der Waals surface area contributed by atoms with E-state index in [-0.39, 0.29) is 29.9 Å². The van der Waals surface area contributed by atoms with E-state index >= 15 is 0 Å². The first-order valence-electron chi connectivity index (χ1n) is 8.68. The highest BCUT2D eigenvalue weighted by Crippen LogP contribution is 2.31. The second-order valence-corrected chi connectivity index (χ2v) is 6.70.